The number of fused-ring (bicyclic) bond motifs is 4. The van der Waals surface area contributed by atoms with Gasteiger partial charge in [-0.25, -0.2) is 0 Å². The third kappa shape index (κ3) is 4.76. The highest BCUT2D eigenvalue weighted by molar-refractivity contribution is 7.85. The van der Waals surface area contributed by atoms with Crippen molar-refractivity contribution in [3.8, 4) is 23.0 Å². The fourth-order valence-electron chi connectivity index (χ4n) is 5.49. The fraction of sp³-hybridized carbons (Fsp3) is 0.226. The Labute approximate surface area is 239 Å². The van der Waals surface area contributed by atoms with Crippen molar-refractivity contribution in [2.75, 3.05) is 15.6 Å². The summed E-state index contributed by atoms with van der Waals surface area (Å²) in [6.45, 7) is 4.17. The minimum absolute atomic E-state index is 0.0833. The normalized spacial score (nSPS) is 14.3. The van der Waals surface area contributed by atoms with Gasteiger partial charge in [0.25, 0.3) is 10.1 Å². The van der Waals surface area contributed by atoms with Crippen molar-refractivity contribution >= 4 is 44.5 Å². The van der Waals surface area contributed by atoms with E-state index in [1.54, 1.807) is 12.1 Å². The lowest BCUT2D eigenvalue weighted by Crippen LogP contribution is -2.47. The second kappa shape index (κ2) is 10.4. The number of rotatable bonds is 7. The first-order chi connectivity index (χ1) is 19.3. The number of hydrogen-bond acceptors (Lipinski definition) is 6. The number of anilines is 4. The molecule has 1 N–H and O–H groups in total. The van der Waals surface area contributed by atoms with Crippen LogP contribution in [-0.2, 0) is 23.0 Å². The standard InChI is InChI=1S/C31H29ClN2O5S/c1-3-20-12-14-24-28(18-20)39-31-21(4-2)8-7-10-26(31)34(24)30(16-17-40(35,36)37)33-23-9-5-6-11-27(23)38-29-19-22(32)13-15-25(29)33/h5-15,18-19,30H,3-4,16-17H2,1-2H3,(H,35,36,37). The number of halogens is 1. The summed E-state index contributed by atoms with van der Waals surface area (Å²) in [5, 5.41) is 0.523. The fourth-order valence-corrected chi connectivity index (χ4v) is 6.16. The molecule has 2 heterocycles. The molecule has 1 atom stereocenters. The van der Waals surface area contributed by atoms with Crippen LogP contribution in [0.1, 0.15) is 31.4 Å². The van der Waals surface area contributed by atoms with E-state index in [9.17, 15) is 13.0 Å². The summed E-state index contributed by atoms with van der Waals surface area (Å²) in [7, 11) is -4.27. The maximum atomic E-state index is 12.2. The average Bonchev–Trinajstić information content (AvgIpc) is 2.94. The van der Waals surface area contributed by atoms with Crippen molar-refractivity contribution in [1.82, 2.24) is 0 Å². The zero-order valence-electron chi connectivity index (χ0n) is 22.2. The maximum Gasteiger partial charge on any atom is 0.265 e. The first kappa shape index (κ1) is 26.5. The smallest absolute Gasteiger partial charge is 0.265 e. The van der Waals surface area contributed by atoms with Crippen molar-refractivity contribution in [3.05, 3.63) is 95.0 Å². The number of hydrogen-bond donors (Lipinski definition) is 1. The number of benzene rings is 4. The van der Waals surface area contributed by atoms with Gasteiger partial charge in [0.1, 0.15) is 6.17 Å². The zero-order valence-corrected chi connectivity index (χ0v) is 23.7. The average molecular weight is 577 g/mol. The zero-order chi connectivity index (χ0) is 28.0. The molecule has 0 bridgehead atoms. The van der Waals surface area contributed by atoms with Gasteiger partial charge >= 0.3 is 0 Å². The Morgan fingerprint density at radius 1 is 0.775 bits per heavy atom. The quantitative estimate of drug-likeness (QED) is 0.222. The molecule has 4 aromatic carbocycles. The number of para-hydroxylation sites is 3. The van der Waals surface area contributed by atoms with Gasteiger partial charge in [-0.2, -0.15) is 8.42 Å². The van der Waals surface area contributed by atoms with E-state index in [4.69, 9.17) is 21.1 Å². The molecule has 206 valence electrons. The van der Waals surface area contributed by atoms with Crippen LogP contribution in [0.15, 0.2) is 78.9 Å². The van der Waals surface area contributed by atoms with Crippen LogP contribution in [0, 0.1) is 0 Å². The molecule has 4 aromatic rings. The van der Waals surface area contributed by atoms with Crippen LogP contribution in [0.5, 0.6) is 23.0 Å². The molecule has 7 nitrogen and oxygen atoms in total. The summed E-state index contributed by atoms with van der Waals surface area (Å²) in [5.74, 6) is 2.16. The largest absolute Gasteiger partial charge is 0.453 e. The Morgan fingerprint density at radius 3 is 2.20 bits per heavy atom. The highest BCUT2D eigenvalue weighted by Gasteiger charge is 2.39. The molecule has 0 fully saturated rings. The Balaban J connectivity index is 1.62. The van der Waals surface area contributed by atoms with Crippen LogP contribution in [0.25, 0.3) is 0 Å². The van der Waals surface area contributed by atoms with Crippen molar-refractivity contribution < 1.29 is 22.4 Å². The predicted molar refractivity (Wildman–Crippen MR) is 159 cm³/mol. The number of aryl methyl sites for hydroxylation is 2. The molecule has 2 aliphatic rings. The minimum atomic E-state index is -4.27. The van der Waals surface area contributed by atoms with E-state index < -0.39 is 22.0 Å². The Bertz CT molecular complexity index is 1710. The van der Waals surface area contributed by atoms with Gasteiger partial charge in [-0.15, -0.1) is 0 Å². The van der Waals surface area contributed by atoms with Crippen LogP contribution in [-0.4, -0.2) is 24.9 Å². The predicted octanol–water partition coefficient (Wildman–Crippen LogP) is 8.26. The molecule has 2 aliphatic heterocycles. The van der Waals surface area contributed by atoms with Gasteiger partial charge in [0, 0.05) is 17.5 Å². The van der Waals surface area contributed by atoms with Crippen LogP contribution >= 0.6 is 11.6 Å². The highest BCUT2D eigenvalue weighted by atomic mass is 35.5. The van der Waals surface area contributed by atoms with Crippen molar-refractivity contribution in [2.45, 2.75) is 39.3 Å². The van der Waals surface area contributed by atoms with Gasteiger partial charge in [-0.3, -0.25) is 4.55 Å². The molecule has 0 aliphatic carbocycles. The van der Waals surface area contributed by atoms with Crippen molar-refractivity contribution in [2.24, 2.45) is 0 Å². The van der Waals surface area contributed by atoms with Crippen LogP contribution < -0.4 is 19.3 Å². The topological polar surface area (TPSA) is 79.3 Å². The molecule has 0 saturated heterocycles. The lowest BCUT2D eigenvalue weighted by molar-refractivity contribution is 0.445. The van der Waals surface area contributed by atoms with Crippen LogP contribution in [0.3, 0.4) is 0 Å². The van der Waals surface area contributed by atoms with E-state index in [1.807, 2.05) is 60.7 Å². The molecular formula is C31H29ClN2O5S. The van der Waals surface area contributed by atoms with Crippen LogP contribution in [0.4, 0.5) is 22.7 Å². The first-order valence-electron chi connectivity index (χ1n) is 13.3. The van der Waals surface area contributed by atoms with Gasteiger partial charge in [0.05, 0.1) is 28.5 Å². The molecule has 1 unspecified atom stereocenters. The summed E-state index contributed by atoms with van der Waals surface area (Å²) in [6.07, 6.45) is 1.10. The molecule has 6 rings (SSSR count). The maximum absolute atomic E-state index is 12.2. The van der Waals surface area contributed by atoms with E-state index in [-0.39, 0.29) is 6.42 Å². The molecule has 0 amide bonds. The minimum Gasteiger partial charge on any atom is -0.453 e. The van der Waals surface area contributed by atoms with Gasteiger partial charge in [-0.05, 0) is 66.4 Å². The third-order valence-corrected chi connectivity index (χ3v) is 8.36. The second-order valence-corrected chi connectivity index (χ2v) is 11.9. The molecule has 0 aromatic heterocycles. The first-order valence-corrected chi connectivity index (χ1v) is 15.3. The molecule has 0 saturated carbocycles. The SMILES string of the molecule is CCc1ccc2c(c1)Oc1c(CC)cccc1N2C(CCS(=O)(=O)O)N1c2ccccc2Oc2cc(Cl)ccc21. The van der Waals surface area contributed by atoms with Crippen LogP contribution in [0.2, 0.25) is 5.02 Å². The lowest BCUT2D eigenvalue weighted by Gasteiger charge is -2.46. The number of ether oxygens (including phenoxy) is 2. The second-order valence-electron chi connectivity index (χ2n) is 9.85. The van der Waals surface area contributed by atoms with E-state index in [0.717, 1.165) is 52.5 Å². The summed E-state index contributed by atoms with van der Waals surface area (Å²) >= 11 is 6.36. The van der Waals surface area contributed by atoms with Crippen molar-refractivity contribution in [1.29, 1.82) is 0 Å². The summed E-state index contributed by atoms with van der Waals surface area (Å²) in [6, 6.07) is 25.2. The van der Waals surface area contributed by atoms with E-state index in [1.165, 1.54) is 0 Å². The summed E-state index contributed by atoms with van der Waals surface area (Å²) in [5.41, 5.74) is 5.29. The van der Waals surface area contributed by atoms with Crippen molar-refractivity contribution in [3.63, 3.8) is 0 Å². The number of nitrogens with zero attached hydrogens (tertiary/aromatic N) is 2. The highest BCUT2D eigenvalue weighted by Crippen LogP contribution is 2.54. The van der Waals surface area contributed by atoms with E-state index in [0.29, 0.717) is 22.3 Å². The Hall–Kier alpha value is -3.72. The summed E-state index contributed by atoms with van der Waals surface area (Å²) < 4.78 is 47.0. The summed E-state index contributed by atoms with van der Waals surface area (Å²) in [4.78, 5) is 4.19. The van der Waals surface area contributed by atoms with Gasteiger partial charge in [-0.1, -0.05) is 55.8 Å². The lowest BCUT2D eigenvalue weighted by atomic mass is 10.0. The molecule has 0 radical (unpaired) electrons. The van der Waals surface area contributed by atoms with E-state index >= 15 is 0 Å². The molecule has 9 heteroatoms. The molecular weight excluding hydrogens is 548 g/mol. The Morgan fingerprint density at radius 2 is 1.45 bits per heavy atom. The van der Waals surface area contributed by atoms with Gasteiger partial charge < -0.3 is 19.3 Å². The third-order valence-electron chi connectivity index (χ3n) is 7.38. The molecule has 40 heavy (non-hydrogen) atoms. The Kier molecular flexibility index (Phi) is 6.86. The monoisotopic (exact) mass is 576 g/mol. The van der Waals surface area contributed by atoms with Gasteiger partial charge in [0.2, 0.25) is 0 Å². The van der Waals surface area contributed by atoms with Gasteiger partial charge in [0.15, 0.2) is 23.0 Å². The van der Waals surface area contributed by atoms with E-state index in [2.05, 4.69) is 29.7 Å². The molecule has 0 spiro atoms.